The van der Waals surface area contributed by atoms with Crippen LogP contribution in [0.25, 0.3) is 0 Å². The van der Waals surface area contributed by atoms with Crippen LogP contribution in [0, 0.1) is 11.8 Å². The molecule has 5 N–H and O–H groups in total. The number of ether oxygens (including phenoxy) is 4. The second kappa shape index (κ2) is 8.64. The average Bonchev–Trinajstić information content (AvgIpc) is 2.99. The Bertz CT molecular complexity index is 558. The van der Waals surface area contributed by atoms with Crippen LogP contribution in [0.1, 0.15) is 61.3 Å². The number of fused-ring (bicyclic) bond motifs is 1. The predicted octanol–water partition coefficient (Wildman–Crippen LogP) is 0.451. The van der Waals surface area contributed by atoms with Crippen molar-refractivity contribution in [3.05, 3.63) is 0 Å². The van der Waals surface area contributed by atoms with E-state index in [4.69, 9.17) is 18.9 Å². The van der Waals surface area contributed by atoms with Gasteiger partial charge < -0.3 is 44.5 Å². The van der Waals surface area contributed by atoms with Crippen molar-refractivity contribution in [3.63, 3.8) is 0 Å². The molecule has 3 saturated heterocycles. The van der Waals surface area contributed by atoms with Crippen LogP contribution in [0.3, 0.4) is 0 Å². The summed E-state index contributed by atoms with van der Waals surface area (Å²) >= 11 is 0. The van der Waals surface area contributed by atoms with Crippen molar-refractivity contribution in [1.29, 1.82) is 0 Å². The van der Waals surface area contributed by atoms with Gasteiger partial charge >= 0.3 is 0 Å². The van der Waals surface area contributed by atoms with Gasteiger partial charge in [-0.15, -0.1) is 0 Å². The number of hydrogen-bond donors (Lipinski definition) is 5. The van der Waals surface area contributed by atoms with E-state index in [1.54, 1.807) is 13.8 Å². The molecule has 3 rings (SSSR count). The molecule has 0 radical (unpaired) electrons. The van der Waals surface area contributed by atoms with Crippen molar-refractivity contribution >= 4 is 0 Å². The Labute approximate surface area is 172 Å². The van der Waals surface area contributed by atoms with Crippen molar-refractivity contribution < 1.29 is 44.5 Å². The van der Waals surface area contributed by atoms with Gasteiger partial charge in [-0.05, 0) is 33.6 Å². The highest BCUT2D eigenvalue weighted by Gasteiger charge is 2.58. The molecule has 3 fully saturated rings. The zero-order chi connectivity index (χ0) is 22.4. The van der Waals surface area contributed by atoms with E-state index in [-0.39, 0.29) is 17.9 Å². The lowest BCUT2D eigenvalue weighted by Crippen LogP contribution is -2.58. The summed E-state index contributed by atoms with van der Waals surface area (Å²) in [6.45, 7) is 12.8. The number of hydrogen-bond acceptors (Lipinski definition) is 9. The lowest BCUT2D eigenvalue weighted by Gasteiger charge is -2.46. The molecule has 0 aromatic heterocycles. The third kappa shape index (κ3) is 4.78. The Kier molecular flexibility index (Phi) is 7.42. The molecule has 2 unspecified atom stereocenters. The van der Waals surface area contributed by atoms with Gasteiger partial charge in [0, 0.05) is 11.8 Å². The van der Waals surface area contributed by atoms with Crippen LogP contribution in [0.2, 0.25) is 0 Å². The van der Waals surface area contributed by atoms with Gasteiger partial charge in [0.05, 0.1) is 17.8 Å². The molecule has 3 aliphatic heterocycles. The number of rotatable bonds is 2. The molecular weight excluding hydrogens is 384 g/mol. The van der Waals surface area contributed by atoms with Crippen molar-refractivity contribution in [1.82, 2.24) is 0 Å². The van der Waals surface area contributed by atoms with E-state index >= 15 is 0 Å². The van der Waals surface area contributed by atoms with Gasteiger partial charge in [-0.25, -0.2) is 0 Å². The van der Waals surface area contributed by atoms with Gasteiger partial charge in [-0.2, -0.15) is 0 Å². The molecular formula is C20H38O9. The van der Waals surface area contributed by atoms with E-state index in [0.717, 1.165) is 0 Å². The zero-order valence-electron chi connectivity index (χ0n) is 18.4. The van der Waals surface area contributed by atoms with E-state index in [2.05, 4.69) is 0 Å². The van der Waals surface area contributed by atoms with Crippen molar-refractivity contribution in [2.75, 3.05) is 0 Å². The maximum atomic E-state index is 10.2. The number of aliphatic hydroxyl groups is 5. The highest BCUT2D eigenvalue weighted by Crippen LogP contribution is 2.43. The third-order valence-corrected chi connectivity index (χ3v) is 6.69. The largest absolute Gasteiger partial charge is 0.390 e. The van der Waals surface area contributed by atoms with Crippen LogP contribution >= 0.6 is 0 Å². The summed E-state index contributed by atoms with van der Waals surface area (Å²) in [5.74, 6) is -2.51. The lowest BCUT2D eigenvalue weighted by atomic mass is 9.79. The third-order valence-electron chi connectivity index (χ3n) is 6.69. The molecule has 10 atom stereocenters. The standard InChI is InChI=1S/C11H20O5.C9H18O4/c1-5-11(13)6(2)7-8(9(12)16-11)15-10(3,4)14-7;1-4-9(3)5(2)6(10)7(11)8(12)13-9/h6-9,12-13H,5H2,1-4H3;5-8,10-12H,4H2,1-3H3/t6-,7-,8-,9?,11+;5-,6-,7-,8?,9+/m11/s1. The van der Waals surface area contributed by atoms with Crippen LogP contribution < -0.4 is 0 Å². The zero-order valence-corrected chi connectivity index (χ0v) is 18.4. The Hall–Kier alpha value is -0.360. The summed E-state index contributed by atoms with van der Waals surface area (Å²) in [7, 11) is 0. The van der Waals surface area contributed by atoms with E-state index < -0.39 is 48.1 Å². The highest BCUT2D eigenvalue weighted by atomic mass is 16.8. The van der Waals surface area contributed by atoms with E-state index in [9.17, 15) is 25.5 Å². The Morgan fingerprint density at radius 3 is 1.76 bits per heavy atom. The molecule has 0 spiro atoms. The van der Waals surface area contributed by atoms with E-state index in [1.165, 1.54) is 0 Å². The average molecular weight is 423 g/mol. The SMILES string of the molecule is CC[C@]1(C)OC(O)[C@H](O)[C@H](O)[C@H]1C.CC[C@]1(O)OC(O)[C@@H]2OC(C)(C)O[C@@H]2[C@H]1C. The van der Waals surface area contributed by atoms with Gasteiger partial charge in [0.25, 0.3) is 0 Å². The minimum atomic E-state index is -1.34. The molecule has 0 aromatic rings. The maximum absolute atomic E-state index is 10.2. The van der Waals surface area contributed by atoms with Crippen LogP contribution in [0.5, 0.6) is 0 Å². The lowest BCUT2D eigenvalue weighted by molar-refractivity contribution is -0.356. The quantitative estimate of drug-likeness (QED) is 0.429. The van der Waals surface area contributed by atoms with Gasteiger partial charge in [0.15, 0.2) is 24.2 Å². The molecule has 3 heterocycles. The Morgan fingerprint density at radius 2 is 1.24 bits per heavy atom. The molecule has 0 saturated carbocycles. The fourth-order valence-corrected chi connectivity index (χ4v) is 4.15. The minimum absolute atomic E-state index is 0.184. The van der Waals surface area contributed by atoms with Crippen LogP contribution in [-0.4, -0.2) is 79.7 Å². The van der Waals surface area contributed by atoms with Gasteiger partial charge in [-0.3, -0.25) is 0 Å². The molecule has 0 bridgehead atoms. The van der Waals surface area contributed by atoms with Crippen molar-refractivity contribution in [2.24, 2.45) is 11.8 Å². The molecule has 0 amide bonds. The highest BCUT2D eigenvalue weighted by molar-refractivity contribution is 4.96. The molecule has 9 heteroatoms. The summed E-state index contributed by atoms with van der Waals surface area (Å²) in [6.07, 6.45) is -4.33. The van der Waals surface area contributed by atoms with Crippen LogP contribution in [0.15, 0.2) is 0 Å². The topological polar surface area (TPSA) is 138 Å². The maximum Gasteiger partial charge on any atom is 0.187 e. The second-order valence-electron chi connectivity index (χ2n) is 9.00. The molecule has 0 aromatic carbocycles. The Morgan fingerprint density at radius 1 is 0.690 bits per heavy atom. The molecule has 3 aliphatic rings. The normalized spacial score (nSPS) is 51.7. The van der Waals surface area contributed by atoms with E-state index in [0.29, 0.717) is 12.8 Å². The second-order valence-corrected chi connectivity index (χ2v) is 9.00. The first-order valence-electron chi connectivity index (χ1n) is 10.4. The van der Waals surface area contributed by atoms with Gasteiger partial charge in [0.1, 0.15) is 12.2 Å². The molecule has 9 nitrogen and oxygen atoms in total. The van der Waals surface area contributed by atoms with Gasteiger partial charge in [-0.1, -0.05) is 27.7 Å². The smallest absolute Gasteiger partial charge is 0.187 e. The van der Waals surface area contributed by atoms with Crippen molar-refractivity contribution in [3.8, 4) is 0 Å². The first kappa shape index (κ1) is 24.9. The fourth-order valence-electron chi connectivity index (χ4n) is 4.15. The monoisotopic (exact) mass is 422 g/mol. The van der Waals surface area contributed by atoms with Gasteiger partial charge in [0.2, 0.25) is 0 Å². The summed E-state index contributed by atoms with van der Waals surface area (Å²) in [6, 6.07) is 0. The molecule has 29 heavy (non-hydrogen) atoms. The predicted molar refractivity (Wildman–Crippen MR) is 102 cm³/mol. The van der Waals surface area contributed by atoms with E-state index in [1.807, 2.05) is 34.6 Å². The fraction of sp³-hybridized carbons (Fsp3) is 1.00. The first-order valence-corrected chi connectivity index (χ1v) is 10.4. The van der Waals surface area contributed by atoms with Crippen LogP contribution in [0.4, 0.5) is 0 Å². The minimum Gasteiger partial charge on any atom is -0.390 e. The van der Waals surface area contributed by atoms with Crippen LogP contribution in [-0.2, 0) is 18.9 Å². The Balaban J connectivity index is 0.000000212. The molecule has 0 aliphatic carbocycles. The summed E-state index contributed by atoms with van der Waals surface area (Å²) < 4.78 is 21.8. The summed E-state index contributed by atoms with van der Waals surface area (Å²) in [5, 5.41) is 48.2. The molecule has 172 valence electrons. The van der Waals surface area contributed by atoms with Crippen molar-refractivity contribution in [2.45, 2.75) is 115 Å². The summed E-state index contributed by atoms with van der Waals surface area (Å²) in [4.78, 5) is 0. The summed E-state index contributed by atoms with van der Waals surface area (Å²) in [5.41, 5.74) is -0.557. The number of aliphatic hydroxyl groups excluding tert-OH is 4. The first-order chi connectivity index (χ1) is 13.2.